The second-order valence-electron chi connectivity index (χ2n) is 3.95. The Morgan fingerprint density at radius 3 is 2.92 bits per heavy atom. The highest BCUT2D eigenvalue weighted by Crippen LogP contribution is 2.36. The third-order valence-corrected chi connectivity index (χ3v) is 3.22. The van der Waals surface area contributed by atoms with Gasteiger partial charge in [0.05, 0.1) is 0 Å². The molecule has 1 heterocycles. The normalized spacial score (nSPS) is 50.7. The van der Waals surface area contributed by atoms with E-state index in [0.717, 1.165) is 11.8 Å². The number of hydrogen-bond donors (Lipinski definition) is 4. The summed E-state index contributed by atoms with van der Waals surface area (Å²) >= 11 is 0. The molecule has 2 fully saturated rings. The molecule has 4 atom stereocenters. The van der Waals surface area contributed by atoms with E-state index in [0.29, 0.717) is 12.1 Å². The number of allylic oxidation sites excluding steroid dienone is 1. The van der Waals surface area contributed by atoms with Crippen molar-refractivity contribution in [2.75, 3.05) is 0 Å². The van der Waals surface area contributed by atoms with E-state index in [9.17, 15) is 0 Å². The number of hydrogen-bond acceptors (Lipinski definition) is 4. The van der Waals surface area contributed by atoms with Gasteiger partial charge in [0.25, 0.3) is 0 Å². The number of rotatable bonds is 0. The summed E-state index contributed by atoms with van der Waals surface area (Å²) in [6, 6.07) is 1.13. The molecule has 1 aliphatic heterocycles. The van der Waals surface area contributed by atoms with Crippen molar-refractivity contribution in [1.82, 2.24) is 21.9 Å². The Balaban J connectivity index is 1.83. The fourth-order valence-corrected chi connectivity index (χ4v) is 2.62. The van der Waals surface area contributed by atoms with E-state index in [1.165, 1.54) is 12.8 Å². The van der Waals surface area contributed by atoms with Gasteiger partial charge in [0.1, 0.15) is 0 Å². The van der Waals surface area contributed by atoms with Gasteiger partial charge in [-0.15, -0.1) is 0 Å². The molecular formula is C8H14N4. The lowest BCUT2D eigenvalue weighted by Crippen LogP contribution is -2.71. The van der Waals surface area contributed by atoms with Crippen LogP contribution in [0.25, 0.3) is 0 Å². The van der Waals surface area contributed by atoms with Crippen molar-refractivity contribution < 1.29 is 0 Å². The van der Waals surface area contributed by atoms with Crippen LogP contribution in [-0.2, 0) is 0 Å². The van der Waals surface area contributed by atoms with E-state index in [2.05, 4.69) is 34.1 Å². The summed E-state index contributed by atoms with van der Waals surface area (Å²) < 4.78 is 0. The third kappa shape index (κ3) is 0.927. The molecule has 12 heavy (non-hydrogen) atoms. The summed E-state index contributed by atoms with van der Waals surface area (Å²) in [5.41, 5.74) is 12.4. The van der Waals surface area contributed by atoms with Crippen molar-refractivity contribution in [1.29, 1.82) is 0 Å². The average molecular weight is 166 g/mol. The van der Waals surface area contributed by atoms with E-state index in [-0.39, 0.29) is 0 Å². The molecule has 0 spiro atoms. The zero-order chi connectivity index (χ0) is 7.97. The molecule has 0 radical (unpaired) electrons. The maximum atomic E-state index is 3.27. The number of nitrogens with one attached hydrogen (secondary N) is 4. The minimum absolute atomic E-state index is 0.557. The molecule has 0 aromatic rings. The molecular weight excluding hydrogens is 152 g/mol. The van der Waals surface area contributed by atoms with Gasteiger partial charge in [-0.05, 0) is 24.7 Å². The van der Waals surface area contributed by atoms with Crippen LogP contribution in [0, 0.1) is 11.8 Å². The molecule has 0 aromatic carbocycles. The second kappa shape index (κ2) is 2.53. The molecule has 1 saturated carbocycles. The molecule has 4 unspecified atom stereocenters. The lowest BCUT2D eigenvalue weighted by Gasteiger charge is -2.41. The van der Waals surface area contributed by atoms with Crippen molar-refractivity contribution >= 4 is 0 Å². The lowest BCUT2D eigenvalue weighted by atomic mass is 9.80. The first-order valence-corrected chi connectivity index (χ1v) is 4.63. The molecule has 4 N–H and O–H groups in total. The van der Waals surface area contributed by atoms with Gasteiger partial charge in [0, 0.05) is 12.1 Å². The zero-order valence-corrected chi connectivity index (χ0v) is 6.88. The number of hydrazine groups is 3. The van der Waals surface area contributed by atoms with E-state index < -0.39 is 0 Å². The Bertz CT molecular complexity index is 215. The summed E-state index contributed by atoms with van der Waals surface area (Å²) in [5, 5.41) is 0. The van der Waals surface area contributed by atoms with Crippen molar-refractivity contribution in [3.05, 3.63) is 12.2 Å². The SMILES string of the molecule is C1=CC2CC1CC1NNNNC21. The highest BCUT2D eigenvalue weighted by molar-refractivity contribution is 5.13. The van der Waals surface area contributed by atoms with Crippen LogP contribution in [0.15, 0.2) is 12.2 Å². The Labute approximate surface area is 71.7 Å². The first-order valence-electron chi connectivity index (χ1n) is 4.63. The predicted molar refractivity (Wildman–Crippen MR) is 45.5 cm³/mol. The fraction of sp³-hybridized carbons (Fsp3) is 0.750. The van der Waals surface area contributed by atoms with Gasteiger partial charge >= 0.3 is 0 Å². The van der Waals surface area contributed by atoms with Crippen LogP contribution in [0.2, 0.25) is 0 Å². The van der Waals surface area contributed by atoms with Crippen LogP contribution < -0.4 is 21.9 Å². The summed E-state index contributed by atoms with van der Waals surface area (Å²) in [7, 11) is 0. The minimum Gasteiger partial charge on any atom is -0.238 e. The summed E-state index contributed by atoms with van der Waals surface area (Å²) in [4.78, 5) is 0. The first-order chi connectivity index (χ1) is 5.93. The Morgan fingerprint density at radius 1 is 1.00 bits per heavy atom. The van der Waals surface area contributed by atoms with E-state index in [1.807, 2.05) is 0 Å². The number of fused-ring (bicyclic) bond motifs is 4. The molecule has 4 heteroatoms. The van der Waals surface area contributed by atoms with Crippen LogP contribution in [0.1, 0.15) is 12.8 Å². The van der Waals surface area contributed by atoms with Gasteiger partial charge in [0.2, 0.25) is 0 Å². The van der Waals surface area contributed by atoms with Crippen LogP contribution in [0.4, 0.5) is 0 Å². The fourth-order valence-electron chi connectivity index (χ4n) is 2.62. The van der Waals surface area contributed by atoms with Gasteiger partial charge < -0.3 is 0 Å². The predicted octanol–water partition coefficient (Wildman–Crippen LogP) is -0.563. The summed E-state index contributed by atoms with van der Waals surface area (Å²) in [6.07, 6.45) is 7.31. The minimum atomic E-state index is 0.557. The molecule has 2 aliphatic carbocycles. The highest BCUT2D eigenvalue weighted by Gasteiger charge is 2.39. The molecule has 4 nitrogen and oxygen atoms in total. The summed E-state index contributed by atoms with van der Waals surface area (Å²) in [5.74, 6) is 1.53. The smallest absolute Gasteiger partial charge is 0.0457 e. The first kappa shape index (κ1) is 7.03. The maximum absolute atomic E-state index is 3.27. The van der Waals surface area contributed by atoms with Crippen LogP contribution in [0.5, 0.6) is 0 Å². The van der Waals surface area contributed by atoms with Crippen LogP contribution in [-0.4, -0.2) is 12.1 Å². The Morgan fingerprint density at radius 2 is 1.92 bits per heavy atom. The molecule has 1 saturated heterocycles. The van der Waals surface area contributed by atoms with Gasteiger partial charge in [-0.25, -0.2) is 10.9 Å². The van der Waals surface area contributed by atoms with Crippen LogP contribution >= 0.6 is 0 Å². The highest BCUT2D eigenvalue weighted by atomic mass is 15.8. The zero-order valence-electron chi connectivity index (χ0n) is 6.88. The Kier molecular flexibility index (Phi) is 1.48. The van der Waals surface area contributed by atoms with Crippen molar-refractivity contribution in [3.63, 3.8) is 0 Å². The van der Waals surface area contributed by atoms with Crippen molar-refractivity contribution in [3.8, 4) is 0 Å². The standard InChI is InChI=1S/C8H14N4/c1-2-6-3-5(1)4-7-8(6)10-12-11-9-7/h1-2,5-12H,3-4H2. The van der Waals surface area contributed by atoms with Gasteiger partial charge in [0.15, 0.2) is 0 Å². The quantitative estimate of drug-likeness (QED) is 0.364. The molecule has 66 valence electrons. The van der Waals surface area contributed by atoms with Crippen molar-refractivity contribution in [2.45, 2.75) is 24.9 Å². The van der Waals surface area contributed by atoms with Gasteiger partial charge in [-0.1, -0.05) is 12.2 Å². The van der Waals surface area contributed by atoms with E-state index >= 15 is 0 Å². The monoisotopic (exact) mass is 166 g/mol. The van der Waals surface area contributed by atoms with Gasteiger partial charge in [-0.3, -0.25) is 0 Å². The van der Waals surface area contributed by atoms with Crippen molar-refractivity contribution in [2.24, 2.45) is 11.8 Å². The Hall–Kier alpha value is -0.420. The lowest BCUT2D eigenvalue weighted by molar-refractivity contribution is 0.118. The summed E-state index contributed by atoms with van der Waals surface area (Å²) in [6.45, 7) is 0. The van der Waals surface area contributed by atoms with Gasteiger partial charge in [-0.2, -0.15) is 11.1 Å². The average Bonchev–Trinajstić information content (AvgIpc) is 2.49. The molecule has 0 aromatic heterocycles. The third-order valence-electron chi connectivity index (χ3n) is 3.22. The molecule has 0 amide bonds. The largest absolute Gasteiger partial charge is 0.238 e. The van der Waals surface area contributed by atoms with E-state index in [4.69, 9.17) is 0 Å². The molecule has 2 bridgehead atoms. The maximum Gasteiger partial charge on any atom is 0.0457 e. The molecule has 3 aliphatic rings. The van der Waals surface area contributed by atoms with Crippen LogP contribution in [0.3, 0.4) is 0 Å². The topological polar surface area (TPSA) is 48.1 Å². The second-order valence-corrected chi connectivity index (χ2v) is 3.95. The molecule has 3 rings (SSSR count). The van der Waals surface area contributed by atoms with E-state index in [1.54, 1.807) is 0 Å².